The highest BCUT2D eigenvalue weighted by atomic mass is 79.9. The first-order chi connectivity index (χ1) is 9.06. The molecule has 1 fully saturated rings. The van der Waals surface area contributed by atoms with Gasteiger partial charge < -0.3 is 5.32 Å². The van der Waals surface area contributed by atoms with Crippen molar-refractivity contribution in [2.75, 3.05) is 5.33 Å². The zero-order chi connectivity index (χ0) is 13.9. The molecule has 0 aromatic heterocycles. The van der Waals surface area contributed by atoms with Gasteiger partial charge in [0.15, 0.2) is 0 Å². The van der Waals surface area contributed by atoms with E-state index >= 15 is 0 Å². The number of hydrogen-bond donors (Lipinski definition) is 1. The van der Waals surface area contributed by atoms with Crippen LogP contribution in [0.4, 0.5) is 0 Å². The summed E-state index contributed by atoms with van der Waals surface area (Å²) in [5.41, 5.74) is 1.55. The highest BCUT2D eigenvalue weighted by molar-refractivity contribution is 9.09. The first-order valence-corrected chi connectivity index (χ1v) is 8.21. The second-order valence-electron chi connectivity index (χ2n) is 5.39. The minimum atomic E-state index is -0.0932. The molecule has 19 heavy (non-hydrogen) atoms. The first kappa shape index (κ1) is 14.9. The van der Waals surface area contributed by atoms with Gasteiger partial charge in [0.25, 0.3) is 5.91 Å². The number of carbonyl (C=O) groups is 1. The summed E-state index contributed by atoms with van der Waals surface area (Å²) in [5, 5.41) is 4.64. The normalized spacial score (nSPS) is 18.1. The smallest absolute Gasteiger partial charge is 0.252 e. The number of hydrogen-bond acceptors (Lipinski definition) is 1. The number of benzene rings is 1. The lowest BCUT2D eigenvalue weighted by atomic mass is 9.83. The van der Waals surface area contributed by atoms with Crippen LogP contribution in [0, 0.1) is 6.92 Å². The maximum absolute atomic E-state index is 12.5. The molecule has 1 aliphatic carbocycles. The van der Waals surface area contributed by atoms with Crippen LogP contribution in [0.1, 0.15) is 48.0 Å². The summed E-state index contributed by atoms with van der Waals surface area (Å²) < 4.78 is 0. The number of nitrogens with one attached hydrogen (secondary N) is 1. The van der Waals surface area contributed by atoms with E-state index < -0.39 is 0 Å². The van der Waals surface area contributed by atoms with Crippen LogP contribution in [-0.2, 0) is 0 Å². The van der Waals surface area contributed by atoms with Crippen LogP contribution >= 0.6 is 27.5 Å². The van der Waals surface area contributed by atoms with Crippen molar-refractivity contribution in [2.45, 2.75) is 44.6 Å². The van der Waals surface area contributed by atoms with Crippen molar-refractivity contribution >= 4 is 33.4 Å². The molecule has 0 bridgehead atoms. The molecule has 0 spiro atoms. The van der Waals surface area contributed by atoms with Gasteiger partial charge in [-0.2, -0.15) is 0 Å². The Kier molecular flexibility index (Phi) is 4.91. The summed E-state index contributed by atoms with van der Waals surface area (Å²) in [6, 6.07) is 5.45. The number of rotatable bonds is 3. The van der Waals surface area contributed by atoms with E-state index in [-0.39, 0.29) is 11.4 Å². The number of carbonyl (C=O) groups excluding carboxylic acids is 1. The average Bonchev–Trinajstić information content (AvgIpc) is 2.42. The minimum absolute atomic E-state index is 0.0126. The Morgan fingerprint density at radius 1 is 1.37 bits per heavy atom. The molecule has 1 N–H and O–H groups in total. The van der Waals surface area contributed by atoms with E-state index in [4.69, 9.17) is 11.6 Å². The Labute approximate surface area is 128 Å². The largest absolute Gasteiger partial charge is 0.346 e. The zero-order valence-electron chi connectivity index (χ0n) is 11.1. The summed E-state index contributed by atoms with van der Waals surface area (Å²) in [6.07, 6.45) is 5.72. The van der Waals surface area contributed by atoms with E-state index in [1.807, 2.05) is 19.1 Å². The predicted molar refractivity (Wildman–Crippen MR) is 83.3 cm³/mol. The van der Waals surface area contributed by atoms with Crippen molar-refractivity contribution in [3.05, 3.63) is 34.3 Å². The maximum atomic E-state index is 12.5. The van der Waals surface area contributed by atoms with Crippen LogP contribution in [-0.4, -0.2) is 16.8 Å². The monoisotopic (exact) mass is 343 g/mol. The van der Waals surface area contributed by atoms with Crippen molar-refractivity contribution in [2.24, 2.45) is 0 Å². The molecule has 2 nitrogen and oxygen atoms in total. The van der Waals surface area contributed by atoms with Gasteiger partial charge in [0.05, 0.1) is 5.54 Å². The molecule has 0 unspecified atom stereocenters. The van der Waals surface area contributed by atoms with Crippen molar-refractivity contribution in [3.63, 3.8) is 0 Å². The molecule has 1 saturated carbocycles. The molecule has 0 radical (unpaired) electrons. The summed E-state index contributed by atoms with van der Waals surface area (Å²) in [4.78, 5) is 12.5. The molecule has 1 aliphatic rings. The number of halogens is 2. The summed E-state index contributed by atoms with van der Waals surface area (Å²) in [7, 11) is 0. The Morgan fingerprint density at radius 2 is 2.05 bits per heavy atom. The molecular formula is C15H19BrClNO. The fourth-order valence-corrected chi connectivity index (χ4v) is 3.54. The lowest BCUT2D eigenvalue weighted by molar-refractivity contribution is 0.0886. The third-order valence-electron chi connectivity index (χ3n) is 3.89. The van der Waals surface area contributed by atoms with Crippen LogP contribution in [0.25, 0.3) is 0 Å². The molecule has 0 aliphatic heterocycles. The number of alkyl halides is 1. The van der Waals surface area contributed by atoms with Crippen molar-refractivity contribution < 1.29 is 4.79 Å². The van der Waals surface area contributed by atoms with E-state index in [0.717, 1.165) is 23.7 Å². The van der Waals surface area contributed by atoms with Gasteiger partial charge >= 0.3 is 0 Å². The standard InChI is InChI=1S/C15H19BrClNO/c1-11-5-6-12(17)9-13(11)14(19)18-15(10-16)7-3-2-4-8-15/h5-6,9H,2-4,7-8,10H2,1H3,(H,18,19). The van der Waals surface area contributed by atoms with Crippen LogP contribution in [0.3, 0.4) is 0 Å². The molecule has 4 heteroatoms. The van der Waals surface area contributed by atoms with Crippen LogP contribution in [0.2, 0.25) is 5.02 Å². The lowest BCUT2D eigenvalue weighted by Crippen LogP contribution is -2.51. The predicted octanol–water partition coefficient (Wildman–Crippen LogP) is 4.48. The van der Waals surface area contributed by atoms with E-state index in [9.17, 15) is 4.79 Å². The highest BCUT2D eigenvalue weighted by Crippen LogP contribution is 2.30. The fourth-order valence-electron chi connectivity index (χ4n) is 2.67. The fraction of sp³-hybridized carbons (Fsp3) is 0.533. The molecule has 1 aromatic carbocycles. The second kappa shape index (κ2) is 6.27. The van der Waals surface area contributed by atoms with Gasteiger partial charge in [0.1, 0.15) is 0 Å². The summed E-state index contributed by atoms with van der Waals surface area (Å²) >= 11 is 9.54. The second-order valence-corrected chi connectivity index (χ2v) is 6.39. The Hall–Kier alpha value is -0.540. The third-order valence-corrected chi connectivity index (χ3v) is 5.20. The zero-order valence-corrected chi connectivity index (χ0v) is 13.5. The molecule has 0 heterocycles. The third kappa shape index (κ3) is 3.51. The summed E-state index contributed by atoms with van der Waals surface area (Å²) in [5.74, 6) is -0.0126. The quantitative estimate of drug-likeness (QED) is 0.805. The minimum Gasteiger partial charge on any atom is -0.346 e. The molecule has 104 valence electrons. The lowest BCUT2D eigenvalue weighted by Gasteiger charge is -2.36. The molecule has 2 rings (SSSR count). The average molecular weight is 345 g/mol. The van der Waals surface area contributed by atoms with Crippen molar-refractivity contribution in [1.82, 2.24) is 5.32 Å². The maximum Gasteiger partial charge on any atom is 0.252 e. The molecule has 1 aromatic rings. The van der Waals surface area contributed by atoms with E-state index in [0.29, 0.717) is 10.6 Å². The Morgan fingerprint density at radius 3 is 2.68 bits per heavy atom. The topological polar surface area (TPSA) is 29.1 Å². The Bertz CT molecular complexity index is 469. The van der Waals surface area contributed by atoms with Crippen molar-refractivity contribution in [3.8, 4) is 0 Å². The van der Waals surface area contributed by atoms with E-state index in [1.54, 1.807) is 6.07 Å². The molecule has 0 saturated heterocycles. The van der Waals surface area contributed by atoms with Gasteiger partial charge in [-0.3, -0.25) is 4.79 Å². The van der Waals surface area contributed by atoms with Crippen molar-refractivity contribution in [1.29, 1.82) is 0 Å². The molecular weight excluding hydrogens is 326 g/mol. The van der Waals surface area contributed by atoms with E-state index in [2.05, 4.69) is 21.2 Å². The van der Waals surface area contributed by atoms with Gasteiger partial charge in [-0.15, -0.1) is 0 Å². The van der Waals surface area contributed by atoms with Gasteiger partial charge in [0, 0.05) is 15.9 Å². The Balaban J connectivity index is 2.17. The molecule has 0 atom stereocenters. The van der Waals surface area contributed by atoms with Crippen LogP contribution in [0.5, 0.6) is 0 Å². The number of amides is 1. The van der Waals surface area contributed by atoms with E-state index in [1.165, 1.54) is 19.3 Å². The van der Waals surface area contributed by atoms with Gasteiger partial charge in [-0.25, -0.2) is 0 Å². The van der Waals surface area contributed by atoms with Crippen LogP contribution < -0.4 is 5.32 Å². The highest BCUT2D eigenvalue weighted by Gasteiger charge is 2.32. The van der Waals surface area contributed by atoms with Gasteiger partial charge in [-0.05, 0) is 37.5 Å². The van der Waals surface area contributed by atoms with Gasteiger partial charge in [-0.1, -0.05) is 52.9 Å². The first-order valence-electron chi connectivity index (χ1n) is 6.71. The van der Waals surface area contributed by atoms with Gasteiger partial charge in [0.2, 0.25) is 0 Å². The van der Waals surface area contributed by atoms with Crippen LogP contribution in [0.15, 0.2) is 18.2 Å². The SMILES string of the molecule is Cc1ccc(Cl)cc1C(=O)NC1(CBr)CCCCC1. The summed E-state index contributed by atoms with van der Waals surface area (Å²) in [6.45, 7) is 1.94. The molecule has 1 amide bonds. The number of aryl methyl sites for hydroxylation is 1.